The predicted molar refractivity (Wildman–Crippen MR) is 115 cm³/mol. The average Bonchev–Trinajstić information content (AvgIpc) is 2.75. The first kappa shape index (κ1) is 17.9. The Kier molecular flexibility index (Phi) is 5.33. The second kappa shape index (κ2) is 8.04. The first-order chi connectivity index (χ1) is 13.2. The molecular weight excluding hydrogens is 451 g/mol. The zero-order valence-electron chi connectivity index (χ0n) is 14.8. The Hall–Kier alpha value is -2.48. The van der Waals surface area contributed by atoms with Gasteiger partial charge in [-0.25, -0.2) is 9.97 Å². The molecule has 2 aromatic carbocycles. The van der Waals surface area contributed by atoms with E-state index in [9.17, 15) is 4.79 Å². The van der Waals surface area contributed by atoms with E-state index < -0.39 is 0 Å². The zero-order valence-corrected chi connectivity index (χ0v) is 16.9. The first-order valence-electron chi connectivity index (χ1n) is 8.88. The highest BCUT2D eigenvalue weighted by atomic mass is 127. The minimum atomic E-state index is 0.0960. The van der Waals surface area contributed by atoms with Crippen LogP contribution in [0.25, 0.3) is 11.3 Å². The van der Waals surface area contributed by atoms with E-state index >= 15 is 0 Å². The van der Waals surface area contributed by atoms with Crippen molar-refractivity contribution < 1.29 is 4.79 Å². The summed E-state index contributed by atoms with van der Waals surface area (Å²) in [4.78, 5) is 25.6. The molecule has 1 amide bonds. The molecule has 0 saturated carbocycles. The van der Waals surface area contributed by atoms with Crippen LogP contribution in [0.5, 0.6) is 0 Å². The van der Waals surface area contributed by atoms with Crippen LogP contribution in [-0.4, -0.2) is 47.0 Å². The molecule has 0 aliphatic carbocycles. The van der Waals surface area contributed by atoms with Gasteiger partial charge in [-0.15, -0.1) is 0 Å². The van der Waals surface area contributed by atoms with Gasteiger partial charge in [0.25, 0.3) is 5.91 Å². The molecule has 5 nitrogen and oxygen atoms in total. The van der Waals surface area contributed by atoms with Gasteiger partial charge in [-0.3, -0.25) is 4.79 Å². The summed E-state index contributed by atoms with van der Waals surface area (Å²) in [6, 6.07) is 19.8. The van der Waals surface area contributed by atoms with Crippen LogP contribution in [-0.2, 0) is 0 Å². The Morgan fingerprint density at radius 2 is 1.59 bits per heavy atom. The normalized spacial score (nSPS) is 14.3. The van der Waals surface area contributed by atoms with Crippen molar-refractivity contribution in [1.29, 1.82) is 0 Å². The molecule has 1 fully saturated rings. The maximum atomic E-state index is 12.7. The minimum absolute atomic E-state index is 0.0960. The molecule has 1 aliphatic rings. The van der Waals surface area contributed by atoms with Crippen molar-refractivity contribution in [2.45, 2.75) is 0 Å². The van der Waals surface area contributed by atoms with Crippen molar-refractivity contribution in [1.82, 2.24) is 14.9 Å². The number of hydrogen-bond acceptors (Lipinski definition) is 4. The number of hydrogen-bond donors (Lipinski definition) is 0. The maximum absolute atomic E-state index is 12.7. The zero-order chi connectivity index (χ0) is 18.6. The molecule has 1 aliphatic heterocycles. The summed E-state index contributed by atoms with van der Waals surface area (Å²) >= 11 is 2.25. The molecule has 6 heteroatoms. The van der Waals surface area contributed by atoms with Crippen LogP contribution in [0.3, 0.4) is 0 Å². The summed E-state index contributed by atoms with van der Waals surface area (Å²) < 4.78 is 1.13. The summed E-state index contributed by atoms with van der Waals surface area (Å²) in [6.07, 6.45) is 1.61. The molecule has 2 heterocycles. The number of carbonyl (C=O) groups is 1. The van der Waals surface area contributed by atoms with Crippen LogP contribution in [0.4, 0.5) is 5.82 Å². The van der Waals surface area contributed by atoms with E-state index in [1.807, 2.05) is 65.6 Å². The third-order valence-electron chi connectivity index (χ3n) is 4.70. The highest BCUT2D eigenvalue weighted by Crippen LogP contribution is 2.21. The second-order valence-corrected chi connectivity index (χ2v) is 7.66. The van der Waals surface area contributed by atoms with Crippen LogP contribution in [0, 0.1) is 3.57 Å². The molecule has 1 saturated heterocycles. The SMILES string of the molecule is O=C(c1ccc(I)cc1)N1CCN(c2cc(-c3ccccc3)ncn2)CC1. The Labute approximate surface area is 172 Å². The van der Waals surface area contributed by atoms with Crippen LogP contribution < -0.4 is 4.90 Å². The average molecular weight is 470 g/mol. The van der Waals surface area contributed by atoms with Gasteiger partial charge in [-0.05, 0) is 46.9 Å². The van der Waals surface area contributed by atoms with Crippen molar-refractivity contribution >= 4 is 34.3 Å². The molecule has 4 rings (SSSR count). The van der Waals surface area contributed by atoms with Gasteiger partial charge in [0, 0.05) is 46.9 Å². The van der Waals surface area contributed by atoms with Gasteiger partial charge in [0.2, 0.25) is 0 Å². The van der Waals surface area contributed by atoms with Crippen molar-refractivity contribution in [3.63, 3.8) is 0 Å². The molecule has 1 aromatic heterocycles. The van der Waals surface area contributed by atoms with Crippen LogP contribution >= 0.6 is 22.6 Å². The minimum Gasteiger partial charge on any atom is -0.353 e. The van der Waals surface area contributed by atoms with Crippen molar-refractivity contribution in [2.75, 3.05) is 31.1 Å². The van der Waals surface area contributed by atoms with Gasteiger partial charge in [0.15, 0.2) is 0 Å². The molecule has 27 heavy (non-hydrogen) atoms. The Morgan fingerprint density at radius 3 is 2.30 bits per heavy atom. The molecule has 3 aromatic rings. The topological polar surface area (TPSA) is 49.3 Å². The van der Waals surface area contributed by atoms with Gasteiger partial charge in [-0.2, -0.15) is 0 Å². The molecule has 0 spiro atoms. The lowest BCUT2D eigenvalue weighted by Crippen LogP contribution is -2.49. The Bertz CT molecular complexity index is 922. The van der Waals surface area contributed by atoms with E-state index in [0.717, 1.165) is 39.3 Å². The van der Waals surface area contributed by atoms with E-state index in [1.54, 1.807) is 6.33 Å². The highest BCUT2D eigenvalue weighted by molar-refractivity contribution is 14.1. The van der Waals surface area contributed by atoms with Crippen molar-refractivity contribution in [2.24, 2.45) is 0 Å². The summed E-state index contributed by atoms with van der Waals surface area (Å²) in [6.45, 7) is 2.91. The molecule has 0 radical (unpaired) electrons. The third kappa shape index (κ3) is 4.10. The number of halogens is 1. The van der Waals surface area contributed by atoms with Crippen LogP contribution in [0.2, 0.25) is 0 Å². The van der Waals surface area contributed by atoms with Gasteiger partial charge in [-0.1, -0.05) is 30.3 Å². The monoisotopic (exact) mass is 470 g/mol. The van der Waals surface area contributed by atoms with E-state index in [1.165, 1.54) is 0 Å². The molecule has 0 atom stereocenters. The molecule has 0 bridgehead atoms. The Morgan fingerprint density at radius 1 is 0.889 bits per heavy atom. The van der Waals surface area contributed by atoms with E-state index in [2.05, 4.69) is 37.5 Å². The lowest BCUT2D eigenvalue weighted by Gasteiger charge is -2.35. The summed E-state index contributed by atoms with van der Waals surface area (Å²) in [7, 11) is 0. The number of aromatic nitrogens is 2. The van der Waals surface area contributed by atoms with E-state index in [-0.39, 0.29) is 5.91 Å². The third-order valence-corrected chi connectivity index (χ3v) is 5.42. The van der Waals surface area contributed by atoms with Gasteiger partial charge >= 0.3 is 0 Å². The number of amides is 1. The number of carbonyl (C=O) groups excluding carboxylic acids is 1. The van der Waals surface area contributed by atoms with Crippen molar-refractivity contribution in [3.05, 3.63) is 76.1 Å². The largest absolute Gasteiger partial charge is 0.353 e. The lowest BCUT2D eigenvalue weighted by atomic mass is 10.1. The smallest absolute Gasteiger partial charge is 0.253 e. The maximum Gasteiger partial charge on any atom is 0.253 e. The molecule has 0 unspecified atom stereocenters. The number of piperazine rings is 1. The van der Waals surface area contributed by atoms with Crippen LogP contribution in [0.15, 0.2) is 67.0 Å². The first-order valence-corrected chi connectivity index (χ1v) is 9.96. The van der Waals surface area contributed by atoms with E-state index in [0.29, 0.717) is 13.1 Å². The molecular formula is C21H19IN4O. The fraction of sp³-hybridized carbons (Fsp3) is 0.190. The number of nitrogens with zero attached hydrogens (tertiary/aromatic N) is 4. The van der Waals surface area contributed by atoms with E-state index in [4.69, 9.17) is 0 Å². The number of benzene rings is 2. The van der Waals surface area contributed by atoms with Gasteiger partial charge < -0.3 is 9.80 Å². The summed E-state index contributed by atoms with van der Waals surface area (Å²) in [5, 5.41) is 0. The van der Waals surface area contributed by atoms with Gasteiger partial charge in [0.1, 0.15) is 12.1 Å². The fourth-order valence-electron chi connectivity index (χ4n) is 3.20. The van der Waals surface area contributed by atoms with Crippen molar-refractivity contribution in [3.8, 4) is 11.3 Å². The summed E-state index contributed by atoms with van der Waals surface area (Å²) in [5.41, 5.74) is 2.74. The quantitative estimate of drug-likeness (QED) is 0.548. The summed E-state index contributed by atoms with van der Waals surface area (Å²) in [5.74, 6) is 1.00. The predicted octanol–water partition coefficient (Wildman–Crippen LogP) is 3.71. The van der Waals surface area contributed by atoms with Crippen LogP contribution in [0.1, 0.15) is 10.4 Å². The molecule has 136 valence electrons. The number of rotatable bonds is 3. The Balaban J connectivity index is 1.43. The fourth-order valence-corrected chi connectivity index (χ4v) is 3.56. The molecule has 0 N–H and O–H groups in total. The number of anilines is 1. The highest BCUT2D eigenvalue weighted by Gasteiger charge is 2.23. The lowest BCUT2D eigenvalue weighted by molar-refractivity contribution is 0.0746. The van der Waals surface area contributed by atoms with Gasteiger partial charge in [0.05, 0.1) is 5.69 Å². The second-order valence-electron chi connectivity index (χ2n) is 6.41. The standard InChI is InChI=1S/C21H19IN4O/c22-18-8-6-17(7-9-18)21(27)26-12-10-25(11-13-26)20-14-19(23-15-24-20)16-4-2-1-3-5-16/h1-9,14-15H,10-13H2.